The van der Waals surface area contributed by atoms with Gasteiger partial charge in [-0.15, -0.1) is 0 Å². The van der Waals surface area contributed by atoms with E-state index in [-0.39, 0.29) is 12.1 Å². The standard InChI is InChI=1S/C18H14ClN3O3/c19-13-4-2-1-3-12(13)16(9-17(23)24)22-18(25)15-6-5-11-10-20-8-7-14(11)21-15/h1-8,10,16H,9H2,(H,22,25)(H,23,24)/t16-/m0/s1. The molecule has 3 aromatic rings. The van der Waals surface area contributed by atoms with Crippen LogP contribution in [0.2, 0.25) is 5.02 Å². The molecule has 25 heavy (non-hydrogen) atoms. The van der Waals surface area contributed by atoms with Crippen LogP contribution in [0.25, 0.3) is 10.9 Å². The van der Waals surface area contributed by atoms with E-state index in [0.717, 1.165) is 5.39 Å². The molecule has 1 aromatic carbocycles. The van der Waals surface area contributed by atoms with Gasteiger partial charge in [0.05, 0.1) is 18.0 Å². The Labute approximate surface area is 148 Å². The van der Waals surface area contributed by atoms with Crippen molar-refractivity contribution < 1.29 is 14.7 Å². The Kier molecular flexibility index (Phi) is 4.90. The molecular weight excluding hydrogens is 342 g/mol. The van der Waals surface area contributed by atoms with Gasteiger partial charge >= 0.3 is 5.97 Å². The predicted octanol–water partition coefficient (Wildman–Crippen LogP) is 3.23. The van der Waals surface area contributed by atoms with Crippen LogP contribution in [-0.2, 0) is 4.79 Å². The first kappa shape index (κ1) is 16.9. The SMILES string of the molecule is O=C(O)C[C@H](NC(=O)c1ccc2cnccc2n1)c1ccccc1Cl. The van der Waals surface area contributed by atoms with Crippen LogP contribution in [0.15, 0.2) is 54.9 Å². The Morgan fingerprint density at radius 3 is 2.72 bits per heavy atom. The fourth-order valence-electron chi connectivity index (χ4n) is 2.50. The van der Waals surface area contributed by atoms with Gasteiger partial charge in [-0.2, -0.15) is 0 Å². The van der Waals surface area contributed by atoms with Crippen molar-refractivity contribution in [2.75, 3.05) is 0 Å². The lowest BCUT2D eigenvalue weighted by molar-refractivity contribution is -0.137. The number of hydrogen-bond acceptors (Lipinski definition) is 4. The van der Waals surface area contributed by atoms with Gasteiger partial charge in [-0.1, -0.05) is 29.8 Å². The Bertz CT molecular complexity index is 946. The molecule has 0 bridgehead atoms. The van der Waals surface area contributed by atoms with E-state index in [1.54, 1.807) is 54.9 Å². The molecule has 0 radical (unpaired) electrons. The highest BCUT2D eigenvalue weighted by atomic mass is 35.5. The average molecular weight is 356 g/mol. The molecule has 0 saturated heterocycles. The number of aromatic nitrogens is 2. The van der Waals surface area contributed by atoms with Gasteiger partial charge in [-0.25, -0.2) is 4.98 Å². The summed E-state index contributed by atoms with van der Waals surface area (Å²) in [4.78, 5) is 32.0. The molecule has 2 N–H and O–H groups in total. The van der Waals surface area contributed by atoms with Gasteiger partial charge in [0.15, 0.2) is 0 Å². The number of carbonyl (C=O) groups excluding carboxylic acids is 1. The summed E-state index contributed by atoms with van der Waals surface area (Å²) in [5, 5.41) is 13.1. The summed E-state index contributed by atoms with van der Waals surface area (Å²) in [6.07, 6.45) is 2.96. The number of nitrogens with zero attached hydrogens (tertiary/aromatic N) is 2. The molecule has 0 aliphatic heterocycles. The molecule has 0 fully saturated rings. The number of fused-ring (bicyclic) bond motifs is 1. The highest BCUT2D eigenvalue weighted by molar-refractivity contribution is 6.31. The third-order valence-electron chi connectivity index (χ3n) is 3.69. The lowest BCUT2D eigenvalue weighted by atomic mass is 10.0. The van der Waals surface area contributed by atoms with Crippen molar-refractivity contribution in [1.82, 2.24) is 15.3 Å². The second-order valence-electron chi connectivity index (χ2n) is 5.41. The summed E-state index contributed by atoms with van der Waals surface area (Å²) in [5.41, 5.74) is 1.38. The minimum atomic E-state index is -1.04. The Morgan fingerprint density at radius 2 is 1.96 bits per heavy atom. The molecule has 1 amide bonds. The number of carboxylic acid groups (broad SMARTS) is 1. The van der Waals surface area contributed by atoms with Crippen LogP contribution in [0, 0.1) is 0 Å². The van der Waals surface area contributed by atoms with Gasteiger partial charge in [-0.3, -0.25) is 14.6 Å². The summed E-state index contributed by atoms with van der Waals surface area (Å²) in [5.74, 6) is -1.51. The summed E-state index contributed by atoms with van der Waals surface area (Å²) in [7, 11) is 0. The molecule has 126 valence electrons. The zero-order valence-electron chi connectivity index (χ0n) is 13.0. The molecular formula is C18H14ClN3O3. The lowest BCUT2D eigenvalue weighted by Gasteiger charge is -2.18. The van der Waals surface area contributed by atoms with E-state index < -0.39 is 17.9 Å². The number of pyridine rings is 2. The van der Waals surface area contributed by atoms with Crippen molar-refractivity contribution in [2.45, 2.75) is 12.5 Å². The van der Waals surface area contributed by atoms with Crippen molar-refractivity contribution in [2.24, 2.45) is 0 Å². The van der Waals surface area contributed by atoms with Crippen LogP contribution in [0.4, 0.5) is 0 Å². The first-order valence-electron chi connectivity index (χ1n) is 7.52. The van der Waals surface area contributed by atoms with Crippen LogP contribution in [0.5, 0.6) is 0 Å². The molecule has 0 unspecified atom stereocenters. The number of rotatable bonds is 5. The molecule has 2 heterocycles. The van der Waals surface area contributed by atoms with E-state index in [9.17, 15) is 9.59 Å². The highest BCUT2D eigenvalue weighted by Gasteiger charge is 2.21. The molecule has 0 spiro atoms. The fourth-order valence-corrected chi connectivity index (χ4v) is 2.76. The monoisotopic (exact) mass is 355 g/mol. The zero-order chi connectivity index (χ0) is 17.8. The molecule has 2 aromatic heterocycles. The van der Waals surface area contributed by atoms with E-state index in [0.29, 0.717) is 16.1 Å². The second-order valence-corrected chi connectivity index (χ2v) is 5.82. The third-order valence-corrected chi connectivity index (χ3v) is 4.03. The lowest BCUT2D eigenvalue weighted by Crippen LogP contribution is -2.31. The van der Waals surface area contributed by atoms with Crippen LogP contribution in [-0.4, -0.2) is 27.0 Å². The summed E-state index contributed by atoms with van der Waals surface area (Å²) >= 11 is 6.14. The maximum Gasteiger partial charge on any atom is 0.305 e. The number of benzene rings is 1. The number of amides is 1. The molecule has 0 aliphatic rings. The van der Waals surface area contributed by atoms with Crippen LogP contribution in [0.1, 0.15) is 28.5 Å². The Balaban J connectivity index is 1.88. The maximum absolute atomic E-state index is 12.5. The van der Waals surface area contributed by atoms with Gasteiger partial charge in [0.2, 0.25) is 0 Å². The van der Waals surface area contributed by atoms with E-state index in [2.05, 4.69) is 15.3 Å². The molecule has 0 saturated carbocycles. The minimum Gasteiger partial charge on any atom is -0.481 e. The highest BCUT2D eigenvalue weighted by Crippen LogP contribution is 2.25. The number of carboxylic acids is 1. The van der Waals surface area contributed by atoms with Crippen LogP contribution < -0.4 is 5.32 Å². The van der Waals surface area contributed by atoms with E-state index >= 15 is 0 Å². The number of aliphatic carboxylic acids is 1. The molecule has 0 aliphatic carbocycles. The summed E-state index contributed by atoms with van der Waals surface area (Å²) in [6, 6.07) is 11.1. The number of hydrogen-bond donors (Lipinski definition) is 2. The number of halogens is 1. The van der Waals surface area contributed by atoms with Crippen LogP contribution in [0.3, 0.4) is 0 Å². The molecule has 7 heteroatoms. The normalized spacial score (nSPS) is 11.9. The molecule has 6 nitrogen and oxygen atoms in total. The fraction of sp³-hybridized carbons (Fsp3) is 0.111. The number of carbonyl (C=O) groups is 2. The number of nitrogens with one attached hydrogen (secondary N) is 1. The van der Waals surface area contributed by atoms with Crippen molar-refractivity contribution in [3.63, 3.8) is 0 Å². The van der Waals surface area contributed by atoms with Crippen molar-refractivity contribution >= 4 is 34.4 Å². The van der Waals surface area contributed by atoms with Gasteiger partial charge in [0.1, 0.15) is 5.69 Å². The van der Waals surface area contributed by atoms with Gasteiger partial charge in [0, 0.05) is 22.8 Å². The quantitative estimate of drug-likeness (QED) is 0.733. The third kappa shape index (κ3) is 3.92. The van der Waals surface area contributed by atoms with Crippen molar-refractivity contribution in [3.8, 4) is 0 Å². The minimum absolute atomic E-state index is 0.196. The predicted molar refractivity (Wildman–Crippen MR) is 93.5 cm³/mol. The smallest absolute Gasteiger partial charge is 0.305 e. The second kappa shape index (κ2) is 7.27. The maximum atomic E-state index is 12.5. The van der Waals surface area contributed by atoms with Crippen molar-refractivity contribution in [3.05, 3.63) is 71.1 Å². The first-order chi connectivity index (χ1) is 12.0. The average Bonchev–Trinajstić information content (AvgIpc) is 2.60. The van der Waals surface area contributed by atoms with Gasteiger partial charge < -0.3 is 10.4 Å². The topological polar surface area (TPSA) is 92.2 Å². The zero-order valence-corrected chi connectivity index (χ0v) is 13.8. The van der Waals surface area contributed by atoms with E-state index in [1.165, 1.54) is 0 Å². The first-order valence-corrected chi connectivity index (χ1v) is 7.90. The Morgan fingerprint density at radius 1 is 1.16 bits per heavy atom. The van der Waals surface area contributed by atoms with Crippen LogP contribution >= 0.6 is 11.6 Å². The largest absolute Gasteiger partial charge is 0.481 e. The van der Waals surface area contributed by atoms with E-state index in [1.807, 2.05) is 0 Å². The van der Waals surface area contributed by atoms with Gasteiger partial charge in [0.25, 0.3) is 5.91 Å². The van der Waals surface area contributed by atoms with Crippen molar-refractivity contribution in [1.29, 1.82) is 0 Å². The summed E-state index contributed by atoms with van der Waals surface area (Å²) in [6.45, 7) is 0. The van der Waals surface area contributed by atoms with E-state index in [4.69, 9.17) is 16.7 Å². The van der Waals surface area contributed by atoms with Gasteiger partial charge in [-0.05, 0) is 29.8 Å². The molecule has 1 atom stereocenters. The Hall–Kier alpha value is -2.99. The molecule has 3 rings (SSSR count). The summed E-state index contributed by atoms with van der Waals surface area (Å²) < 4.78 is 0.